The first-order valence-electron chi connectivity index (χ1n) is 8.63. The van der Waals surface area contributed by atoms with Crippen molar-refractivity contribution in [1.82, 2.24) is 4.90 Å². The van der Waals surface area contributed by atoms with E-state index in [2.05, 4.69) is 5.32 Å². The zero-order valence-corrected chi connectivity index (χ0v) is 15.7. The van der Waals surface area contributed by atoms with Crippen LogP contribution in [0.1, 0.15) is 12.5 Å². The van der Waals surface area contributed by atoms with E-state index in [1.807, 2.05) is 61.5 Å². The lowest BCUT2D eigenvalue weighted by atomic mass is 10.2. The van der Waals surface area contributed by atoms with Crippen molar-refractivity contribution < 1.29 is 19.1 Å². The molecule has 0 saturated heterocycles. The second-order valence-corrected chi connectivity index (χ2v) is 6.55. The summed E-state index contributed by atoms with van der Waals surface area (Å²) in [5.74, 6) is 0.919. The lowest BCUT2D eigenvalue weighted by Gasteiger charge is -2.21. The summed E-state index contributed by atoms with van der Waals surface area (Å²) in [5, 5.41) is 2.82. The van der Waals surface area contributed by atoms with E-state index < -0.39 is 0 Å². The van der Waals surface area contributed by atoms with E-state index in [0.717, 1.165) is 11.3 Å². The predicted molar refractivity (Wildman–Crippen MR) is 103 cm³/mol. The average Bonchev–Trinajstić information content (AvgIpc) is 3.09. The van der Waals surface area contributed by atoms with Crippen LogP contribution in [0.4, 0.5) is 11.4 Å². The number of amides is 2. The van der Waals surface area contributed by atoms with Gasteiger partial charge in [0.2, 0.25) is 18.6 Å². The van der Waals surface area contributed by atoms with E-state index in [4.69, 9.17) is 9.47 Å². The molecule has 2 aromatic carbocycles. The molecule has 142 valence electrons. The Kier molecular flexibility index (Phi) is 5.49. The second kappa shape index (κ2) is 7.99. The normalized spacial score (nSPS) is 11.8. The van der Waals surface area contributed by atoms with Crippen molar-refractivity contribution in [3.63, 3.8) is 0 Å². The van der Waals surface area contributed by atoms with Gasteiger partial charge < -0.3 is 24.6 Å². The number of fused-ring (bicyclic) bond motifs is 1. The maximum Gasteiger partial charge on any atom is 0.244 e. The maximum atomic E-state index is 12.4. The molecule has 0 radical (unpaired) electrons. The molecule has 0 fully saturated rings. The minimum Gasteiger partial charge on any atom is -0.454 e. The first-order chi connectivity index (χ1) is 12.9. The average molecular weight is 369 g/mol. The molecule has 0 unspecified atom stereocenters. The SMILES string of the molecule is CC(=O)N(CC(=O)Nc1ccc(N(C)C)cc1)Cc1ccc2c(c1)OCO2. The largest absolute Gasteiger partial charge is 0.454 e. The molecule has 0 aliphatic carbocycles. The minimum absolute atomic E-state index is 0.0286. The summed E-state index contributed by atoms with van der Waals surface area (Å²) in [6.07, 6.45) is 0. The van der Waals surface area contributed by atoms with Crippen LogP contribution in [-0.2, 0) is 16.1 Å². The van der Waals surface area contributed by atoms with Gasteiger partial charge in [-0.25, -0.2) is 0 Å². The molecule has 1 aliphatic heterocycles. The Bertz CT molecular complexity index is 834. The van der Waals surface area contributed by atoms with Crippen LogP contribution in [0.3, 0.4) is 0 Å². The van der Waals surface area contributed by atoms with E-state index in [9.17, 15) is 9.59 Å². The monoisotopic (exact) mass is 369 g/mol. The van der Waals surface area contributed by atoms with Gasteiger partial charge in [-0.15, -0.1) is 0 Å². The molecule has 27 heavy (non-hydrogen) atoms. The van der Waals surface area contributed by atoms with Crippen molar-refractivity contribution in [3.05, 3.63) is 48.0 Å². The predicted octanol–water partition coefficient (Wildman–Crippen LogP) is 2.47. The summed E-state index contributed by atoms with van der Waals surface area (Å²) in [4.78, 5) is 27.8. The Morgan fingerprint density at radius 1 is 1.04 bits per heavy atom. The number of hydrogen-bond donors (Lipinski definition) is 1. The first-order valence-corrected chi connectivity index (χ1v) is 8.63. The molecule has 0 spiro atoms. The van der Waals surface area contributed by atoms with Gasteiger partial charge in [0.1, 0.15) is 6.54 Å². The number of anilines is 2. The zero-order chi connectivity index (χ0) is 19.4. The Balaban J connectivity index is 1.61. The molecule has 1 heterocycles. The smallest absolute Gasteiger partial charge is 0.244 e. The topological polar surface area (TPSA) is 71.1 Å². The number of ether oxygens (including phenoxy) is 2. The molecule has 1 aliphatic rings. The molecule has 1 N–H and O–H groups in total. The lowest BCUT2D eigenvalue weighted by Crippen LogP contribution is -2.36. The first kappa shape index (κ1) is 18.6. The summed E-state index contributed by atoms with van der Waals surface area (Å²) in [6, 6.07) is 13.0. The fraction of sp³-hybridized carbons (Fsp3) is 0.300. The summed E-state index contributed by atoms with van der Waals surface area (Å²) in [6.45, 7) is 1.94. The van der Waals surface area contributed by atoms with Crippen LogP contribution in [0.25, 0.3) is 0 Å². The van der Waals surface area contributed by atoms with Crippen molar-refractivity contribution in [2.75, 3.05) is 37.6 Å². The van der Waals surface area contributed by atoms with Crippen molar-refractivity contribution in [3.8, 4) is 11.5 Å². The van der Waals surface area contributed by atoms with E-state index >= 15 is 0 Å². The number of rotatable bonds is 6. The van der Waals surface area contributed by atoms with Gasteiger partial charge >= 0.3 is 0 Å². The highest BCUT2D eigenvalue weighted by molar-refractivity contribution is 5.94. The van der Waals surface area contributed by atoms with Crippen molar-refractivity contribution in [1.29, 1.82) is 0 Å². The summed E-state index contributed by atoms with van der Waals surface area (Å²) >= 11 is 0. The van der Waals surface area contributed by atoms with Gasteiger partial charge in [-0.3, -0.25) is 9.59 Å². The maximum absolute atomic E-state index is 12.4. The number of nitrogens with zero attached hydrogens (tertiary/aromatic N) is 2. The van der Waals surface area contributed by atoms with Crippen LogP contribution in [0.5, 0.6) is 11.5 Å². The zero-order valence-electron chi connectivity index (χ0n) is 15.7. The van der Waals surface area contributed by atoms with E-state index in [-0.39, 0.29) is 25.2 Å². The highest BCUT2D eigenvalue weighted by Crippen LogP contribution is 2.32. The van der Waals surface area contributed by atoms with Crippen LogP contribution in [0.15, 0.2) is 42.5 Å². The molecular weight excluding hydrogens is 346 g/mol. The summed E-state index contributed by atoms with van der Waals surface area (Å²) < 4.78 is 10.6. The van der Waals surface area contributed by atoms with Gasteiger partial charge in [-0.05, 0) is 42.0 Å². The molecule has 0 aromatic heterocycles. The van der Waals surface area contributed by atoms with Crippen LogP contribution < -0.4 is 19.7 Å². The molecule has 2 aromatic rings. The minimum atomic E-state index is -0.247. The highest BCUT2D eigenvalue weighted by Gasteiger charge is 2.18. The van der Waals surface area contributed by atoms with E-state index in [1.54, 1.807) is 0 Å². The summed E-state index contributed by atoms with van der Waals surface area (Å²) in [7, 11) is 3.91. The fourth-order valence-electron chi connectivity index (χ4n) is 2.76. The number of carbonyl (C=O) groups is 2. The van der Waals surface area contributed by atoms with Crippen LogP contribution in [0, 0.1) is 0 Å². The van der Waals surface area contributed by atoms with Gasteiger partial charge in [0, 0.05) is 38.9 Å². The molecule has 3 rings (SSSR count). The van der Waals surface area contributed by atoms with Crippen LogP contribution in [-0.4, -0.2) is 44.1 Å². The van der Waals surface area contributed by atoms with Crippen LogP contribution >= 0.6 is 0 Å². The molecule has 0 atom stereocenters. The number of nitrogens with one attached hydrogen (secondary N) is 1. The molecule has 0 saturated carbocycles. The third kappa shape index (κ3) is 4.69. The number of benzene rings is 2. The van der Waals surface area contributed by atoms with Crippen molar-refractivity contribution in [2.24, 2.45) is 0 Å². The van der Waals surface area contributed by atoms with Crippen LogP contribution in [0.2, 0.25) is 0 Å². The van der Waals surface area contributed by atoms with Gasteiger partial charge in [0.05, 0.1) is 0 Å². The third-order valence-electron chi connectivity index (χ3n) is 4.26. The number of carbonyl (C=O) groups excluding carboxylic acids is 2. The second-order valence-electron chi connectivity index (χ2n) is 6.55. The molecule has 7 heteroatoms. The number of hydrogen-bond acceptors (Lipinski definition) is 5. The van der Waals surface area contributed by atoms with Gasteiger partial charge in [0.15, 0.2) is 11.5 Å². The molecular formula is C20H23N3O4. The fourth-order valence-corrected chi connectivity index (χ4v) is 2.76. The Hall–Kier alpha value is -3.22. The molecule has 2 amide bonds. The van der Waals surface area contributed by atoms with E-state index in [1.165, 1.54) is 11.8 Å². The van der Waals surface area contributed by atoms with Gasteiger partial charge in [-0.1, -0.05) is 6.07 Å². The quantitative estimate of drug-likeness (QED) is 0.847. The van der Waals surface area contributed by atoms with Gasteiger partial charge in [0.25, 0.3) is 0 Å². The molecule has 0 bridgehead atoms. The lowest BCUT2D eigenvalue weighted by molar-refractivity contribution is -0.133. The highest BCUT2D eigenvalue weighted by atomic mass is 16.7. The van der Waals surface area contributed by atoms with Crippen molar-refractivity contribution >= 4 is 23.2 Å². The van der Waals surface area contributed by atoms with Crippen molar-refractivity contribution in [2.45, 2.75) is 13.5 Å². The van der Waals surface area contributed by atoms with Gasteiger partial charge in [-0.2, -0.15) is 0 Å². The Morgan fingerprint density at radius 2 is 1.74 bits per heavy atom. The standard InChI is InChI=1S/C20H23N3O4/c1-14(24)23(11-15-4-9-18-19(10-15)27-13-26-18)12-20(25)21-16-5-7-17(8-6-16)22(2)3/h4-10H,11-13H2,1-3H3,(H,21,25). The third-order valence-corrected chi connectivity index (χ3v) is 4.26. The molecule has 7 nitrogen and oxygen atoms in total. The summed E-state index contributed by atoms with van der Waals surface area (Å²) in [5.41, 5.74) is 2.61. The Morgan fingerprint density at radius 3 is 2.41 bits per heavy atom. The Labute approximate surface area is 158 Å². The van der Waals surface area contributed by atoms with E-state index in [0.29, 0.717) is 23.7 Å².